The van der Waals surface area contributed by atoms with E-state index in [0.29, 0.717) is 24.0 Å². The summed E-state index contributed by atoms with van der Waals surface area (Å²) in [5, 5.41) is 7.93. The van der Waals surface area contributed by atoms with Gasteiger partial charge in [-0.25, -0.2) is 4.98 Å². The highest BCUT2D eigenvalue weighted by Gasteiger charge is 2.23. The van der Waals surface area contributed by atoms with Crippen LogP contribution in [0.25, 0.3) is 0 Å². The minimum Gasteiger partial charge on any atom is -0.375 e. The highest BCUT2D eigenvalue weighted by Crippen LogP contribution is 2.27. The molecule has 0 radical (unpaired) electrons. The molecule has 0 bridgehead atoms. The monoisotopic (exact) mass is 320 g/mol. The van der Waals surface area contributed by atoms with Gasteiger partial charge in [0.15, 0.2) is 5.13 Å². The number of anilines is 1. The summed E-state index contributed by atoms with van der Waals surface area (Å²) in [5.41, 5.74) is 2.38. The summed E-state index contributed by atoms with van der Waals surface area (Å²) >= 11 is 1.48. The van der Waals surface area contributed by atoms with Crippen LogP contribution in [-0.2, 0) is 30.2 Å². The zero-order valence-corrected chi connectivity index (χ0v) is 14.1. The van der Waals surface area contributed by atoms with Crippen molar-refractivity contribution in [2.75, 3.05) is 11.9 Å². The number of nitrogens with zero attached hydrogens (tertiary/aromatic N) is 3. The van der Waals surface area contributed by atoms with Crippen LogP contribution >= 0.6 is 11.3 Å². The molecule has 2 aromatic rings. The SMILES string of the molecule is Cn1nc(C(C)(C)C)cc1C(=O)Nc1nc2c(s1)COCC2. The lowest BCUT2D eigenvalue weighted by Gasteiger charge is -2.13. The summed E-state index contributed by atoms with van der Waals surface area (Å²) in [6, 6.07) is 1.84. The molecule has 2 aromatic heterocycles. The number of carbonyl (C=O) groups is 1. The zero-order chi connectivity index (χ0) is 15.9. The molecule has 3 rings (SSSR count). The van der Waals surface area contributed by atoms with Crippen LogP contribution in [-0.4, -0.2) is 27.3 Å². The molecule has 118 valence electrons. The van der Waals surface area contributed by atoms with Gasteiger partial charge in [-0.1, -0.05) is 32.1 Å². The number of ether oxygens (including phenoxy) is 1. The molecular formula is C15H20N4O2S. The Kier molecular flexibility index (Phi) is 3.78. The number of carbonyl (C=O) groups excluding carboxylic acids is 1. The average Bonchev–Trinajstić information content (AvgIpc) is 3.00. The fraction of sp³-hybridized carbons (Fsp3) is 0.533. The van der Waals surface area contributed by atoms with E-state index in [2.05, 4.69) is 36.2 Å². The molecule has 0 unspecified atom stereocenters. The molecule has 0 aromatic carbocycles. The highest BCUT2D eigenvalue weighted by atomic mass is 32.1. The van der Waals surface area contributed by atoms with Gasteiger partial charge in [0.05, 0.1) is 29.5 Å². The van der Waals surface area contributed by atoms with Gasteiger partial charge in [0.2, 0.25) is 0 Å². The molecule has 1 N–H and O–H groups in total. The van der Waals surface area contributed by atoms with E-state index in [0.717, 1.165) is 22.7 Å². The number of rotatable bonds is 2. The van der Waals surface area contributed by atoms with E-state index < -0.39 is 0 Å². The first-order valence-electron chi connectivity index (χ1n) is 7.27. The summed E-state index contributed by atoms with van der Waals surface area (Å²) in [6.45, 7) is 7.51. The second kappa shape index (κ2) is 5.48. The molecule has 0 fully saturated rings. The highest BCUT2D eigenvalue weighted by molar-refractivity contribution is 7.15. The largest absolute Gasteiger partial charge is 0.375 e. The van der Waals surface area contributed by atoms with Crippen molar-refractivity contribution >= 4 is 22.4 Å². The number of thiazole rings is 1. The van der Waals surface area contributed by atoms with E-state index in [1.54, 1.807) is 11.7 Å². The second-order valence-corrected chi connectivity index (χ2v) is 7.52. The topological polar surface area (TPSA) is 69.0 Å². The molecule has 0 saturated carbocycles. The maximum absolute atomic E-state index is 12.5. The fourth-order valence-corrected chi connectivity index (χ4v) is 3.23. The number of hydrogen-bond acceptors (Lipinski definition) is 5. The standard InChI is InChI=1S/C15H20N4O2S/c1-15(2,3)12-7-10(19(4)18-12)13(20)17-14-16-9-5-6-21-8-11(9)22-14/h7H,5-6,8H2,1-4H3,(H,16,17,20). The number of hydrogen-bond donors (Lipinski definition) is 1. The summed E-state index contributed by atoms with van der Waals surface area (Å²) in [7, 11) is 1.78. The first-order valence-corrected chi connectivity index (χ1v) is 8.08. The normalized spacial score (nSPS) is 14.7. The third-order valence-corrected chi connectivity index (χ3v) is 4.58. The molecule has 3 heterocycles. The Morgan fingerprint density at radius 1 is 1.45 bits per heavy atom. The van der Waals surface area contributed by atoms with Crippen LogP contribution in [0.2, 0.25) is 0 Å². The molecule has 1 aliphatic rings. The zero-order valence-electron chi connectivity index (χ0n) is 13.3. The Morgan fingerprint density at radius 3 is 2.86 bits per heavy atom. The Balaban J connectivity index is 1.80. The third-order valence-electron chi connectivity index (χ3n) is 3.60. The Bertz CT molecular complexity index is 688. The lowest BCUT2D eigenvalue weighted by molar-refractivity contribution is 0.101. The van der Waals surface area contributed by atoms with Crippen LogP contribution in [0.15, 0.2) is 6.07 Å². The number of aryl methyl sites for hydroxylation is 1. The van der Waals surface area contributed by atoms with Gasteiger partial charge in [-0.05, 0) is 6.07 Å². The first-order chi connectivity index (χ1) is 10.3. The van der Waals surface area contributed by atoms with E-state index in [1.165, 1.54) is 11.3 Å². The molecule has 0 atom stereocenters. The first kappa shape index (κ1) is 15.2. The van der Waals surface area contributed by atoms with Crippen LogP contribution in [0.4, 0.5) is 5.13 Å². The molecule has 1 aliphatic heterocycles. The maximum Gasteiger partial charge on any atom is 0.275 e. The van der Waals surface area contributed by atoms with Crippen molar-refractivity contribution in [2.45, 2.75) is 39.2 Å². The molecular weight excluding hydrogens is 300 g/mol. The van der Waals surface area contributed by atoms with Gasteiger partial charge in [0.1, 0.15) is 5.69 Å². The molecule has 22 heavy (non-hydrogen) atoms. The van der Waals surface area contributed by atoms with E-state index in [-0.39, 0.29) is 11.3 Å². The third kappa shape index (κ3) is 2.91. The van der Waals surface area contributed by atoms with Crippen LogP contribution in [0, 0.1) is 0 Å². The van der Waals surface area contributed by atoms with Crippen molar-refractivity contribution in [1.82, 2.24) is 14.8 Å². The average molecular weight is 320 g/mol. The van der Waals surface area contributed by atoms with Gasteiger partial charge >= 0.3 is 0 Å². The number of nitrogens with one attached hydrogen (secondary N) is 1. The van der Waals surface area contributed by atoms with Gasteiger partial charge in [-0.3, -0.25) is 14.8 Å². The lowest BCUT2D eigenvalue weighted by atomic mass is 9.92. The molecule has 7 heteroatoms. The second-order valence-electron chi connectivity index (χ2n) is 6.43. The molecule has 0 spiro atoms. The number of amides is 1. The van der Waals surface area contributed by atoms with Crippen molar-refractivity contribution in [2.24, 2.45) is 7.05 Å². The van der Waals surface area contributed by atoms with E-state index in [1.807, 2.05) is 6.07 Å². The quantitative estimate of drug-likeness (QED) is 0.923. The van der Waals surface area contributed by atoms with Crippen LogP contribution in [0.5, 0.6) is 0 Å². The number of fused-ring (bicyclic) bond motifs is 1. The Labute approximate surface area is 133 Å². The smallest absolute Gasteiger partial charge is 0.275 e. The molecule has 0 saturated heterocycles. The van der Waals surface area contributed by atoms with Crippen LogP contribution in [0.3, 0.4) is 0 Å². The summed E-state index contributed by atoms with van der Waals surface area (Å²) < 4.78 is 7.02. The minimum atomic E-state index is -0.183. The van der Waals surface area contributed by atoms with Gasteiger partial charge in [-0.15, -0.1) is 0 Å². The molecule has 6 nitrogen and oxygen atoms in total. The predicted octanol–water partition coefficient (Wildman–Crippen LogP) is 2.50. The van der Waals surface area contributed by atoms with Crippen molar-refractivity contribution in [1.29, 1.82) is 0 Å². The van der Waals surface area contributed by atoms with Gasteiger partial charge in [0.25, 0.3) is 5.91 Å². The van der Waals surface area contributed by atoms with E-state index >= 15 is 0 Å². The summed E-state index contributed by atoms with van der Waals surface area (Å²) in [5.74, 6) is -0.183. The summed E-state index contributed by atoms with van der Waals surface area (Å²) in [4.78, 5) is 18.0. The lowest BCUT2D eigenvalue weighted by Crippen LogP contribution is -2.16. The van der Waals surface area contributed by atoms with Crippen molar-refractivity contribution in [3.05, 3.63) is 28.0 Å². The van der Waals surface area contributed by atoms with E-state index in [4.69, 9.17) is 4.74 Å². The summed E-state index contributed by atoms with van der Waals surface area (Å²) in [6.07, 6.45) is 0.807. The van der Waals surface area contributed by atoms with Crippen molar-refractivity contribution in [3.8, 4) is 0 Å². The number of aromatic nitrogens is 3. The molecule has 0 aliphatic carbocycles. The Morgan fingerprint density at radius 2 is 2.23 bits per heavy atom. The van der Waals surface area contributed by atoms with Crippen molar-refractivity contribution < 1.29 is 9.53 Å². The maximum atomic E-state index is 12.5. The fourth-order valence-electron chi connectivity index (χ4n) is 2.29. The molecule has 1 amide bonds. The van der Waals surface area contributed by atoms with Gasteiger partial charge in [-0.2, -0.15) is 5.10 Å². The van der Waals surface area contributed by atoms with Crippen LogP contribution in [0.1, 0.15) is 47.5 Å². The Hall–Kier alpha value is -1.73. The predicted molar refractivity (Wildman–Crippen MR) is 85.3 cm³/mol. The van der Waals surface area contributed by atoms with Crippen LogP contribution < -0.4 is 5.32 Å². The van der Waals surface area contributed by atoms with E-state index in [9.17, 15) is 4.79 Å². The minimum absolute atomic E-state index is 0.0894. The van der Waals surface area contributed by atoms with Gasteiger partial charge < -0.3 is 4.74 Å². The van der Waals surface area contributed by atoms with Crippen molar-refractivity contribution in [3.63, 3.8) is 0 Å². The van der Waals surface area contributed by atoms with Gasteiger partial charge in [0, 0.05) is 18.9 Å².